The van der Waals surface area contributed by atoms with Crippen molar-refractivity contribution >= 4 is 11.8 Å². The summed E-state index contributed by atoms with van der Waals surface area (Å²) >= 11 is 0. The first kappa shape index (κ1) is 14.3. The highest BCUT2D eigenvalue weighted by molar-refractivity contribution is 5.85. The summed E-state index contributed by atoms with van der Waals surface area (Å²) < 4.78 is 42.8. The van der Waals surface area contributed by atoms with E-state index >= 15 is 0 Å². The monoisotopic (exact) mass is 261 g/mol. The van der Waals surface area contributed by atoms with Crippen molar-refractivity contribution in [1.82, 2.24) is 0 Å². The molecule has 6 heteroatoms. The minimum atomic E-state index is -4.53. The van der Waals surface area contributed by atoms with E-state index in [-0.39, 0.29) is 11.6 Å². The second-order valence-corrected chi connectivity index (χ2v) is 4.07. The van der Waals surface area contributed by atoms with E-state index in [2.05, 4.69) is 10.1 Å². The molecule has 18 heavy (non-hydrogen) atoms. The quantitative estimate of drug-likeness (QED) is 0.873. The molecule has 0 heterocycles. The fraction of sp³-hybridized carbons (Fsp3) is 0.417. The van der Waals surface area contributed by atoms with Gasteiger partial charge in [0.05, 0.1) is 18.4 Å². The number of carbonyl (C=O) groups is 1. The van der Waals surface area contributed by atoms with Gasteiger partial charge in [-0.1, -0.05) is 19.9 Å². The Morgan fingerprint density at radius 1 is 1.33 bits per heavy atom. The maximum atomic E-state index is 12.9. The Morgan fingerprint density at radius 3 is 2.39 bits per heavy atom. The molecule has 100 valence electrons. The average molecular weight is 261 g/mol. The summed E-state index contributed by atoms with van der Waals surface area (Å²) in [5.41, 5.74) is -0.629. The third-order valence-electron chi connectivity index (χ3n) is 2.44. The average Bonchev–Trinajstić information content (AvgIpc) is 2.27. The molecule has 3 nitrogen and oxygen atoms in total. The van der Waals surface area contributed by atoms with E-state index < -0.39 is 17.8 Å². The summed E-state index contributed by atoms with van der Waals surface area (Å²) in [6.45, 7) is 3.59. The first-order valence-electron chi connectivity index (χ1n) is 5.31. The second-order valence-electron chi connectivity index (χ2n) is 4.07. The van der Waals surface area contributed by atoms with E-state index in [4.69, 9.17) is 0 Å². The van der Waals surface area contributed by atoms with Gasteiger partial charge in [0, 0.05) is 0 Å². The van der Waals surface area contributed by atoms with Gasteiger partial charge in [-0.2, -0.15) is 13.2 Å². The van der Waals surface area contributed by atoms with Crippen LogP contribution in [0.15, 0.2) is 18.2 Å². The van der Waals surface area contributed by atoms with E-state index in [1.54, 1.807) is 19.9 Å². The van der Waals surface area contributed by atoms with Crippen LogP contribution in [-0.4, -0.2) is 13.2 Å². The summed E-state index contributed by atoms with van der Waals surface area (Å²) in [5.74, 6) is -0.0294. The fourth-order valence-corrected chi connectivity index (χ4v) is 1.43. The Labute approximate surface area is 103 Å². The van der Waals surface area contributed by atoms with Crippen molar-refractivity contribution in [3.63, 3.8) is 0 Å². The summed E-state index contributed by atoms with van der Waals surface area (Å²) in [6.07, 6.45) is -5.46. The lowest BCUT2D eigenvalue weighted by Gasteiger charge is -2.16. The Bertz CT molecular complexity index is 441. The maximum absolute atomic E-state index is 12.9. The molecule has 0 saturated heterocycles. The highest BCUT2D eigenvalue weighted by Crippen LogP contribution is 2.36. The Kier molecular flexibility index (Phi) is 4.21. The number of rotatable bonds is 2. The SMILES string of the molecule is COC(=O)Nc1ccc(C(C)C)cc1C(F)(F)F. The zero-order chi connectivity index (χ0) is 13.9. The number of benzene rings is 1. The van der Waals surface area contributed by atoms with Crippen LogP contribution in [0.25, 0.3) is 0 Å². The molecule has 0 aromatic heterocycles. The van der Waals surface area contributed by atoms with Crippen molar-refractivity contribution in [2.24, 2.45) is 0 Å². The van der Waals surface area contributed by atoms with E-state index in [1.807, 2.05) is 0 Å². The first-order valence-corrected chi connectivity index (χ1v) is 5.31. The topological polar surface area (TPSA) is 38.3 Å². The largest absolute Gasteiger partial charge is 0.453 e. The van der Waals surface area contributed by atoms with E-state index in [9.17, 15) is 18.0 Å². The van der Waals surface area contributed by atoms with Crippen molar-refractivity contribution in [1.29, 1.82) is 0 Å². The molecular weight excluding hydrogens is 247 g/mol. The van der Waals surface area contributed by atoms with Gasteiger partial charge >= 0.3 is 12.3 Å². The number of hydrogen-bond acceptors (Lipinski definition) is 2. The van der Waals surface area contributed by atoms with Gasteiger partial charge in [-0.15, -0.1) is 0 Å². The van der Waals surface area contributed by atoms with E-state index in [0.717, 1.165) is 13.2 Å². The van der Waals surface area contributed by atoms with Gasteiger partial charge in [-0.3, -0.25) is 5.32 Å². The molecule has 1 aromatic rings. The van der Waals surface area contributed by atoms with Gasteiger partial charge in [0.25, 0.3) is 0 Å². The Morgan fingerprint density at radius 2 is 1.94 bits per heavy atom. The second kappa shape index (κ2) is 5.29. The number of hydrogen-bond donors (Lipinski definition) is 1. The molecule has 0 radical (unpaired) electrons. The van der Waals surface area contributed by atoms with Gasteiger partial charge in [0.2, 0.25) is 0 Å². The number of ether oxygens (including phenoxy) is 1. The standard InChI is InChI=1S/C12H14F3NO2/c1-7(2)8-4-5-10(16-11(17)18-3)9(6-8)12(13,14)15/h4-7H,1-3H3,(H,16,17). The summed E-state index contributed by atoms with van der Waals surface area (Å²) in [6, 6.07) is 3.82. The molecular formula is C12H14F3NO2. The number of amides is 1. The molecule has 0 spiro atoms. The number of carbonyl (C=O) groups excluding carboxylic acids is 1. The van der Waals surface area contributed by atoms with Gasteiger partial charge in [0.15, 0.2) is 0 Å². The van der Waals surface area contributed by atoms with Gasteiger partial charge in [-0.25, -0.2) is 4.79 Å². The van der Waals surface area contributed by atoms with Crippen molar-refractivity contribution < 1.29 is 22.7 Å². The zero-order valence-corrected chi connectivity index (χ0v) is 10.3. The maximum Gasteiger partial charge on any atom is 0.418 e. The minimum Gasteiger partial charge on any atom is -0.453 e. The van der Waals surface area contributed by atoms with Crippen LogP contribution in [-0.2, 0) is 10.9 Å². The molecule has 0 aliphatic rings. The Balaban J connectivity index is 3.21. The zero-order valence-electron chi connectivity index (χ0n) is 10.3. The lowest BCUT2D eigenvalue weighted by molar-refractivity contribution is -0.137. The van der Waals surface area contributed by atoms with Crippen molar-refractivity contribution in [3.05, 3.63) is 29.3 Å². The molecule has 0 unspecified atom stereocenters. The van der Waals surface area contributed by atoms with Gasteiger partial charge < -0.3 is 4.74 Å². The lowest BCUT2D eigenvalue weighted by Crippen LogP contribution is -2.16. The highest BCUT2D eigenvalue weighted by atomic mass is 19.4. The third-order valence-corrected chi connectivity index (χ3v) is 2.44. The smallest absolute Gasteiger partial charge is 0.418 e. The van der Waals surface area contributed by atoms with Crippen LogP contribution in [0.5, 0.6) is 0 Å². The molecule has 1 rings (SSSR count). The molecule has 0 atom stereocenters. The fourth-order valence-electron chi connectivity index (χ4n) is 1.43. The predicted octanol–water partition coefficient (Wildman–Crippen LogP) is 4.01. The molecule has 0 aliphatic heterocycles. The molecule has 0 aliphatic carbocycles. The third kappa shape index (κ3) is 3.38. The summed E-state index contributed by atoms with van der Waals surface area (Å²) in [4.78, 5) is 11.0. The van der Waals surface area contributed by atoms with Crippen LogP contribution in [0.2, 0.25) is 0 Å². The van der Waals surface area contributed by atoms with Crippen molar-refractivity contribution in [3.8, 4) is 0 Å². The number of anilines is 1. The molecule has 0 saturated carbocycles. The normalized spacial score (nSPS) is 11.5. The summed E-state index contributed by atoms with van der Waals surface area (Å²) in [7, 11) is 1.09. The number of alkyl halides is 3. The molecule has 0 fully saturated rings. The van der Waals surface area contributed by atoms with Gasteiger partial charge in [0.1, 0.15) is 0 Å². The first-order chi connectivity index (χ1) is 8.25. The van der Waals surface area contributed by atoms with Crippen LogP contribution in [0.1, 0.15) is 30.9 Å². The van der Waals surface area contributed by atoms with Crippen LogP contribution in [0.3, 0.4) is 0 Å². The predicted molar refractivity (Wildman–Crippen MR) is 61.6 cm³/mol. The summed E-state index contributed by atoms with van der Waals surface area (Å²) in [5, 5.41) is 2.05. The number of halogens is 3. The highest BCUT2D eigenvalue weighted by Gasteiger charge is 2.34. The molecule has 1 N–H and O–H groups in total. The van der Waals surface area contributed by atoms with Crippen LogP contribution in [0.4, 0.5) is 23.7 Å². The molecule has 1 aromatic carbocycles. The van der Waals surface area contributed by atoms with E-state index in [1.165, 1.54) is 6.07 Å². The van der Waals surface area contributed by atoms with Crippen molar-refractivity contribution in [2.75, 3.05) is 12.4 Å². The number of methoxy groups -OCH3 is 1. The number of nitrogens with one attached hydrogen (secondary N) is 1. The van der Waals surface area contributed by atoms with Crippen molar-refractivity contribution in [2.45, 2.75) is 25.9 Å². The molecule has 1 amide bonds. The van der Waals surface area contributed by atoms with Crippen LogP contribution >= 0.6 is 0 Å². The van der Waals surface area contributed by atoms with Gasteiger partial charge in [-0.05, 0) is 23.6 Å². The Hall–Kier alpha value is -1.72. The van der Waals surface area contributed by atoms with Crippen LogP contribution < -0.4 is 5.32 Å². The minimum absolute atomic E-state index is 0.0294. The van der Waals surface area contributed by atoms with E-state index in [0.29, 0.717) is 5.56 Å². The molecule has 0 bridgehead atoms. The lowest BCUT2D eigenvalue weighted by atomic mass is 9.99. The van der Waals surface area contributed by atoms with Crippen LogP contribution in [0, 0.1) is 0 Å².